The maximum atomic E-state index is 11.6. The SMILES string of the molecule is CC(C)(N)CNC(=O)CCCc1ccc(Cl)c(Cl)c1.Cl. The summed E-state index contributed by atoms with van der Waals surface area (Å²) in [6.45, 7) is 4.24. The monoisotopic (exact) mass is 338 g/mol. The smallest absolute Gasteiger partial charge is 0.220 e. The number of hydrogen-bond acceptors (Lipinski definition) is 2. The second kappa shape index (κ2) is 8.73. The summed E-state index contributed by atoms with van der Waals surface area (Å²) in [5, 5.41) is 3.92. The average molecular weight is 340 g/mol. The quantitative estimate of drug-likeness (QED) is 0.832. The van der Waals surface area contributed by atoms with Crippen LogP contribution >= 0.6 is 35.6 Å². The maximum Gasteiger partial charge on any atom is 0.220 e. The van der Waals surface area contributed by atoms with Crippen molar-refractivity contribution in [1.29, 1.82) is 0 Å². The first-order valence-corrected chi connectivity index (χ1v) is 7.03. The zero-order valence-electron chi connectivity index (χ0n) is 11.7. The lowest BCUT2D eigenvalue weighted by Gasteiger charge is -2.18. The third-order valence-corrected chi connectivity index (χ3v) is 3.33. The molecule has 6 heteroatoms. The van der Waals surface area contributed by atoms with Crippen molar-refractivity contribution in [2.75, 3.05) is 6.54 Å². The Kier molecular flexibility index (Phi) is 8.52. The Morgan fingerprint density at radius 3 is 2.50 bits per heavy atom. The first kappa shape index (κ1) is 19.5. The number of nitrogens with two attached hydrogens (primary N) is 1. The van der Waals surface area contributed by atoms with Crippen molar-refractivity contribution in [3.63, 3.8) is 0 Å². The highest BCUT2D eigenvalue weighted by Gasteiger charge is 2.11. The zero-order valence-corrected chi connectivity index (χ0v) is 14.0. The topological polar surface area (TPSA) is 55.1 Å². The fourth-order valence-corrected chi connectivity index (χ4v) is 1.88. The minimum atomic E-state index is -0.376. The van der Waals surface area contributed by atoms with Crippen LogP contribution in [0.15, 0.2) is 18.2 Å². The molecule has 0 fully saturated rings. The Labute approximate surface area is 136 Å². The summed E-state index contributed by atoms with van der Waals surface area (Å²) in [5.41, 5.74) is 6.50. The van der Waals surface area contributed by atoms with E-state index < -0.39 is 0 Å². The lowest BCUT2D eigenvalue weighted by Crippen LogP contribution is -2.45. The van der Waals surface area contributed by atoms with Crippen LogP contribution in [0.25, 0.3) is 0 Å². The molecule has 0 aliphatic rings. The molecule has 1 aromatic carbocycles. The van der Waals surface area contributed by atoms with Crippen molar-refractivity contribution in [2.45, 2.75) is 38.6 Å². The van der Waals surface area contributed by atoms with Crippen molar-refractivity contribution in [1.82, 2.24) is 5.32 Å². The van der Waals surface area contributed by atoms with Crippen LogP contribution in [-0.4, -0.2) is 18.0 Å². The minimum Gasteiger partial charge on any atom is -0.354 e. The summed E-state index contributed by atoms with van der Waals surface area (Å²) in [6.07, 6.45) is 2.06. The van der Waals surface area contributed by atoms with Gasteiger partial charge in [0.15, 0.2) is 0 Å². The molecule has 1 amide bonds. The molecular weight excluding hydrogens is 319 g/mol. The van der Waals surface area contributed by atoms with E-state index in [0.717, 1.165) is 18.4 Å². The Morgan fingerprint density at radius 1 is 1.30 bits per heavy atom. The molecule has 0 aromatic heterocycles. The number of rotatable bonds is 6. The van der Waals surface area contributed by atoms with Gasteiger partial charge in [0.2, 0.25) is 5.91 Å². The molecule has 0 aliphatic heterocycles. The standard InChI is InChI=1S/C14H20Cl2N2O.ClH/c1-14(2,17)9-18-13(19)5-3-4-10-6-7-11(15)12(16)8-10;/h6-8H,3-5,9,17H2,1-2H3,(H,18,19);1H. The van der Waals surface area contributed by atoms with Crippen LogP contribution in [0, 0.1) is 0 Å². The molecule has 0 saturated carbocycles. The molecule has 114 valence electrons. The van der Waals surface area contributed by atoms with Gasteiger partial charge in [-0.15, -0.1) is 12.4 Å². The Hall–Kier alpha value is -0.480. The fraction of sp³-hybridized carbons (Fsp3) is 0.500. The molecule has 0 atom stereocenters. The van der Waals surface area contributed by atoms with Crippen molar-refractivity contribution >= 4 is 41.5 Å². The highest BCUT2D eigenvalue weighted by molar-refractivity contribution is 6.42. The van der Waals surface area contributed by atoms with E-state index in [2.05, 4.69) is 5.32 Å². The largest absolute Gasteiger partial charge is 0.354 e. The van der Waals surface area contributed by atoms with Gasteiger partial charge in [0.05, 0.1) is 10.0 Å². The predicted octanol–water partition coefficient (Wildman–Crippen LogP) is 3.59. The third-order valence-electron chi connectivity index (χ3n) is 2.59. The third kappa shape index (κ3) is 7.95. The van der Waals surface area contributed by atoms with Crippen molar-refractivity contribution in [3.8, 4) is 0 Å². The predicted molar refractivity (Wildman–Crippen MR) is 87.9 cm³/mol. The van der Waals surface area contributed by atoms with Crippen LogP contribution in [0.2, 0.25) is 10.0 Å². The van der Waals surface area contributed by atoms with Gasteiger partial charge in [0, 0.05) is 18.5 Å². The zero-order chi connectivity index (χ0) is 14.5. The van der Waals surface area contributed by atoms with Crippen LogP contribution < -0.4 is 11.1 Å². The van der Waals surface area contributed by atoms with Crippen molar-refractivity contribution in [2.24, 2.45) is 5.73 Å². The van der Waals surface area contributed by atoms with Crippen molar-refractivity contribution < 1.29 is 4.79 Å². The Bertz CT molecular complexity index is 445. The van der Waals surface area contributed by atoms with Crippen LogP contribution in [0.5, 0.6) is 0 Å². The Morgan fingerprint density at radius 2 is 1.95 bits per heavy atom. The summed E-state index contributed by atoms with van der Waals surface area (Å²) < 4.78 is 0. The number of benzene rings is 1. The van der Waals surface area contributed by atoms with Gasteiger partial charge >= 0.3 is 0 Å². The number of carbonyl (C=O) groups is 1. The molecule has 0 spiro atoms. The van der Waals surface area contributed by atoms with Gasteiger partial charge < -0.3 is 11.1 Å². The van der Waals surface area contributed by atoms with E-state index in [4.69, 9.17) is 28.9 Å². The van der Waals surface area contributed by atoms with E-state index >= 15 is 0 Å². The van der Waals surface area contributed by atoms with Crippen LogP contribution in [0.3, 0.4) is 0 Å². The van der Waals surface area contributed by atoms with E-state index in [1.807, 2.05) is 26.0 Å². The van der Waals surface area contributed by atoms with Crippen LogP contribution in [0.4, 0.5) is 0 Å². The van der Waals surface area contributed by atoms with Crippen molar-refractivity contribution in [3.05, 3.63) is 33.8 Å². The summed E-state index contributed by atoms with van der Waals surface area (Å²) in [5.74, 6) is 0.0265. The van der Waals surface area contributed by atoms with E-state index in [1.165, 1.54) is 0 Å². The number of halogens is 3. The molecule has 0 unspecified atom stereocenters. The maximum absolute atomic E-state index is 11.6. The molecule has 0 bridgehead atoms. The normalized spacial score (nSPS) is 10.8. The minimum absolute atomic E-state index is 0. The molecule has 20 heavy (non-hydrogen) atoms. The summed E-state index contributed by atoms with van der Waals surface area (Å²) in [7, 11) is 0. The molecule has 0 aliphatic carbocycles. The summed E-state index contributed by atoms with van der Waals surface area (Å²) in [4.78, 5) is 11.6. The first-order valence-electron chi connectivity index (χ1n) is 6.27. The van der Waals surface area contributed by atoms with E-state index in [-0.39, 0.29) is 23.9 Å². The molecule has 1 aromatic rings. The highest BCUT2D eigenvalue weighted by Crippen LogP contribution is 2.23. The average Bonchev–Trinajstić information content (AvgIpc) is 2.30. The molecule has 1 rings (SSSR count). The summed E-state index contributed by atoms with van der Waals surface area (Å²) in [6, 6.07) is 5.54. The molecule has 0 radical (unpaired) electrons. The number of carbonyl (C=O) groups excluding carboxylic acids is 1. The van der Waals surface area contributed by atoms with Crippen LogP contribution in [0.1, 0.15) is 32.3 Å². The molecule has 3 N–H and O–H groups in total. The summed E-state index contributed by atoms with van der Waals surface area (Å²) >= 11 is 11.8. The lowest BCUT2D eigenvalue weighted by molar-refractivity contribution is -0.121. The van der Waals surface area contributed by atoms with Gasteiger partial charge in [0.25, 0.3) is 0 Å². The van der Waals surface area contributed by atoms with Gasteiger partial charge in [-0.2, -0.15) is 0 Å². The van der Waals surface area contributed by atoms with E-state index in [9.17, 15) is 4.79 Å². The fourth-order valence-electron chi connectivity index (χ4n) is 1.56. The van der Waals surface area contributed by atoms with Gasteiger partial charge in [-0.1, -0.05) is 29.3 Å². The molecule has 0 saturated heterocycles. The number of nitrogens with one attached hydrogen (secondary N) is 1. The van der Waals surface area contributed by atoms with Gasteiger partial charge in [-0.05, 0) is 44.4 Å². The van der Waals surface area contributed by atoms with Gasteiger partial charge in [-0.3, -0.25) is 4.79 Å². The molecular formula is C14H21Cl3N2O. The number of amides is 1. The Balaban J connectivity index is 0.00000361. The number of hydrogen-bond donors (Lipinski definition) is 2. The van der Waals surface area contributed by atoms with Gasteiger partial charge in [0.1, 0.15) is 0 Å². The van der Waals surface area contributed by atoms with E-state index in [1.54, 1.807) is 6.07 Å². The number of aryl methyl sites for hydroxylation is 1. The molecule has 3 nitrogen and oxygen atoms in total. The lowest BCUT2D eigenvalue weighted by atomic mass is 10.1. The van der Waals surface area contributed by atoms with Gasteiger partial charge in [-0.25, -0.2) is 0 Å². The second-order valence-electron chi connectivity index (χ2n) is 5.37. The van der Waals surface area contributed by atoms with E-state index in [0.29, 0.717) is 23.0 Å². The highest BCUT2D eigenvalue weighted by atomic mass is 35.5. The molecule has 0 heterocycles. The second-order valence-corrected chi connectivity index (χ2v) is 6.18. The van der Waals surface area contributed by atoms with Crippen LogP contribution in [-0.2, 0) is 11.2 Å². The first-order chi connectivity index (χ1) is 8.78.